The Kier molecular flexibility index (Phi) is 3.67. The first kappa shape index (κ1) is 9.95. The monoisotopic (exact) mass is 185 g/mol. The van der Waals surface area contributed by atoms with Gasteiger partial charge in [-0.1, -0.05) is 0 Å². The van der Waals surface area contributed by atoms with E-state index in [1.54, 1.807) is 12.1 Å². The Morgan fingerprint density at radius 3 is 2.46 bits per heavy atom. The second kappa shape index (κ2) is 4.79. The fourth-order valence-electron chi connectivity index (χ4n) is 0.868. The van der Waals surface area contributed by atoms with E-state index in [-0.39, 0.29) is 19.0 Å². The molecule has 4 heteroatoms. The van der Waals surface area contributed by atoms with E-state index in [2.05, 4.69) is 5.32 Å². The van der Waals surface area contributed by atoms with Crippen LogP contribution in [0, 0.1) is 5.82 Å². The van der Waals surface area contributed by atoms with Crippen LogP contribution in [0.25, 0.3) is 0 Å². The fraction of sp³-hybridized carbons (Fsp3) is 0.333. The lowest BCUT2D eigenvalue weighted by molar-refractivity contribution is 0.105. The van der Waals surface area contributed by atoms with Crippen molar-refractivity contribution in [3.8, 4) is 0 Å². The Bertz CT molecular complexity index is 250. The molecule has 72 valence electrons. The third-order valence-corrected chi connectivity index (χ3v) is 1.60. The molecular weight excluding hydrogens is 173 g/mol. The van der Waals surface area contributed by atoms with Crippen molar-refractivity contribution in [2.24, 2.45) is 0 Å². The van der Waals surface area contributed by atoms with Crippen LogP contribution in [0.2, 0.25) is 0 Å². The number of hydrogen-bond acceptors (Lipinski definition) is 3. The molecule has 0 aliphatic rings. The molecule has 3 N–H and O–H groups in total. The summed E-state index contributed by atoms with van der Waals surface area (Å²) in [4.78, 5) is 0. The first-order valence-corrected chi connectivity index (χ1v) is 4.00. The Morgan fingerprint density at radius 2 is 1.92 bits per heavy atom. The fourth-order valence-corrected chi connectivity index (χ4v) is 0.868. The van der Waals surface area contributed by atoms with Gasteiger partial charge in [0, 0.05) is 12.2 Å². The molecule has 0 fully saturated rings. The van der Waals surface area contributed by atoms with Crippen molar-refractivity contribution in [3.05, 3.63) is 30.1 Å². The van der Waals surface area contributed by atoms with Gasteiger partial charge in [-0.15, -0.1) is 0 Å². The van der Waals surface area contributed by atoms with Crippen LogP contribution in [0.1, 0.15) is 0 Å². The van der Waals surface area contributed by atoms with Gasteiger partial charge in [0.25, 0.3) is 0 Å². The molecule has 0 heterocycles. The smallest absolute Gasteiger partial charge is 0.123 e. The number of nitrogens with one attached hydrogen (secondary N) is 1. The first-order chi connectivity index (χ1) is 6.22. The summed E-state index contributed by atoms with van der Waals surface area (Å²) >= 11 is 0. The zero-order valence-corrected chi connectivity index (χ0v) is 7.07. The highest BCUT2D eigenvalue weighted by Crippen LogP contribution is 2.07. The molecule has 0 bridgehead atoms. The quantitative estimate of drug-likeness (QED) is 0.643. The maximum absolute atomic E-state index is 12.4. The maximum Gasteiger partial charge on any atom is 0.123 e. The standard InChI is InChI=1S/C9H12FNO2/c10-7-1-3-8(4-2-7)11-5-9(13)6-12/h1-4,9,11-13H,5-6H2/t9-/m0/s1. The van der Waals surface area contributed by atoms with E-state index in [0.717, 1.165) is 0 Å². The Labute approximate surface area is 75.8 Å². The lowest BCUT2D eigenvalue weighted by atomic mass is 10.3. The van der Waals surface area contributed by atoms with Gasteiger partial charge in [-0.25, -0.2) is 4.39 Å². The summed E-state index contributed by atoms with van der Waals surface area (Å²) < 4.78 is 12.4. The minimum Gasteiger partial charge on any atom is -0.394 e. The van der Waals surface area contributed by atoms with Gasteiger partial charge in [0.05, 0.1) is 12.7 Å². The van der Waals surface area contributed by atoms with E-state index in [9.17, 15) is 4.39 Å². The van der Waals surface area contributed by atoms with Gasteiger partial charge in [0.2, 0.25) is 0 Å². The number of aliphatic hydroxyl groups is 2. The van der Waals surface area contributed by atoms with Gasteiger partial charge in [0.1, 0.15) is 5.82 Å². The summed E-state index contributed by atoms with van der Waals surface area (Å²) in [6.45, 7) is -0.0314. The number of aliphatic hydroxyl groups excluding tert-OH is 2. The summed E-state index contributed by atoms with van der Waals surface area (Å²) in [6, 6.07) is 5.79. The summed E-state index contributed by atoms with van der Waals surface area (Å²) in [5.41, 5.74) is 0.717. The molecule has 0 spiro atoms. The van der Waals surface area contributed by atoms with Crippen molar-refractivity contribution in [3.63, 3.8) is 0 Å². The number of rotatable bonds is 4. The Morgan fingerprint density at radius 1 is 1.31 bits per heavy atom. The number of halogens is 1. The highest BCUT2D eigenvalue weighted by atomic mass is 19.1. The topological polar surface area (TPSA) is 52.5 Å². The number of benzene rings is 1. The van der Waals surface area contributed by atoms with Crippen molar-refractivity contribution in [2.75, 3.05) is 18.5 Å². The summed E-state index contributed by atoms with van der Waals surface area (Å²) in [5.74, 6) is -0.298. The van der Waals surface area contributed by atoms with E-state index in [4.69, 9.17) is 10.2 Å². The molecule has 13 heavy (non-hydrogen) atoms. The van der Waals surface area contributed by atoms with E-state index in [1.807, 2.05) is 0 Å². The van der Waals surface area contributed by atoms with Crippen LogP contribution < -0.4 is 5.32 Å². The van der Waals surface area contributed by atoms with Crippen LogP contribution >= 0.6 is 0 Å². The molecule has 3 nitrogen and oxygen atoms in total. The van der Waals surface area contributed by atoms with Gasteiger partial charge in [-0.05, 0) is 24.3 Å². The minimum absolute atomic E-state index is 0.252. The molecule has 0 amide bonds. The van der Waals surface area contributed by atoms with Crippen molar-refractivity contribution < 1.29 is 14.6 Å². The molecule has 0 saturated heterocycles. The highest BCUT2D eigenvalue weighted by molar-refractivity contribution is 5.42. The highest BCUT2D eigenvalue weighted by Gasteiger charge is 2.00. The molecule has 1 aromatic rings. The van der Waals surface area contributed by atoms with Crippen LogP contribution in [0.3, 0.4) is 0 Å². The lowest BCUT2D eigenvalue weighted by Gasteiger charge is -2.09. The zero-order valence-electron chi connectivity index (χ0n) is 7.07. The second-order valence-electron chi connectivity index (χ2n) is 2.72. The minimum atomic E-state index is -0.787. The van der Waals surface area contributed by atoms with Crippen molar-refractivity contribution >= 4 is 5.69 Å². The Balaban J connectivity index is 2.41. The van der Waals surface area contributed by atoms with Gasteiger partial charge in [-0.2, -0.15) is 0 Å². The Hall–Kier alpha value is -1.13. The molecule has 1 rings (SSSR count). The van der Waals surface area contributed by atoms with Crippen LogP contribution in [-0.2, 0) is 0 Å². The summed E-state index contributed by atoms with van der Waals surface area (Å²) in [6.07, 6.45) is -0.787. The molecule has 0 radical (unpaired) electrons. The van der Waals surface area contributed by atoms with Crippen LogP contribution in [0.15, 0.2) is 24.3 Å². The predicted molar refractivity (Wildman–Crippen MR) is 48.0 cm³/mol. The zero-order chi connectivity index (χ0) is 9.68. The normalized spacial score (nSPS) is 12.5. The number of hydrogen-bond donors (Lipinski definition) is 3. The average molecular weight is 185 g/mol. The SMILES string of the molecule is OC[C@@H](O)CNc1ccc(F)cc1. The van der Waals surface area contributed by atoms with Crippen LogP contribution in [0.5, 0.6) is 0 Å². The van der Waals surface area contributed by atoms with Crippen molar-refractivity contribution in [1.82, 2.24) is 0 Å². The largest absolute Gasteiger partial charge is 0.394 e. The van der Waals surface area contributed by atoms with Crippen LogP contribution in [-0.4, -0.2) is 29.5 Å². The second-order valence-corrected chi connectivity index (χ2v) is 2.72. The molecule has 0 unspecified atom stereocenters. The van der Waals surface area contributed by atoms with Crippen molar-refractivity contribution in [1.29, 1.82) is 0 Å². The maximum atomic E-state index is 12.4. The third-order valence-electron chi connectivity index (χ3n) is 1.60. The lowest BCUT2D eigenvalue weighted by Crippen LogP contribution is -2.22. The molecule has 0 saturated carbocycles. The number of anilines is 1. The van der Waals surface area contributed by atoms with Gasteiger partial charge < -0.3 is 15.5 Å². The summed E-state index contributed by atoms with van der Waals surface area (Å²) in [7, 11) is 0. The van der Waals surface area contributed by atoms with E-state index in [1.165, 1.54) is 12.1 Å². The molecule has 1 aromatic carbocycles. The molecule has 0 aromatic heterocycles. The molecule has 1 atom stereocenters. The van der Waals surface area contributed by atoms with Gasteiger partial charge in [-0.3, -0.25) is 0 Å². The summed E-state index contributed by atoms with van der Waals surface area (Å²) in [5, 5.41) is 20.3. The average Bonchev–Trinajstić information content (AvgIpc) is 2.16. The molecular formula is C9H12FNO2. The van der Waals surface area contributed by atoms with Crippen LogP contribution in [0.4, 0.5) is 10.1 Å². The van der Waals surface area contributed by atoms with E-state index in [0.29, 0.717) is 5.69 Å². The van der Waals surface area contributed by atoms with Gasteiger partial charge >= 0.3 is 0 Å². The first-order valence-electron chi connectivity index (χ1n) is 4.00. The third kappa shape index (κ3) is 3.40. The molecule has 0 aliphatic heterocycles. The van der Waals surface area contributed by atoms with E-state index >= 15 is 0 Å². The van der Waals surface area contributed by atoms with Crippen molar-refractivity contribution in [2.45, 2.75) is 6.10 Å². The van der Waals surface area contributed by atoms with E-state index < -0.39 is 6.10 Å². The molecule has 0 aliphatic carbocycles. The predicted octanol–water partition coefficient (Wildman–Crippen LogP) is 0.591. The van der Waals surface area contributed by atoms with Gasteiger partial charge in [0.15, 0.2) is 0 Å².